The van der Waals surface area contributed by atoms with Gasteiger partial charge >= 0.3 is 6.18 Å². The number of rotatable bonds is 4. The lowest BCUT2D eigenvalue weighted by Gasteiger charge is -2.32. The highest BCUT2D eigenvalue weighted by atomic mass is 19.4. The Kier molecular flexibility index (Phi) is 4.99. The lowest BCUT2D eigenvalue weighted by atomic mass is 10.0. The van der Waals surface area contributed by atoms with Crippen molar-refractivity contribution in [1.29, 1.82) is 0 Å². The highest BCUT2D eigenvalue weighted by Gasteiger charge is 2.32. The fourth-order valence-electron chi connectivity index (χ4n) is 1.43. The van der Waals surface area contributed by atoms with E-state index in [9.17, 15) is 22.4 Å². The molecular formula is C14H18F4N2O. The van der Waals surface area contributed by atoms with Gasteiger partial charge in [0.2, 0.25) is 0 Å². The Morgan fingerprint density at radius 3 is 2.29 bits per heavy atom. The summed E-state index contributed by atoms with van der Waals surface area (Å²) in [5, 5.41) is 2.45. The zero-order chi connectivity index (χ0) is 16.4. The molecule has 7 heteroatoms. The van der Waals surface area contributed by atoms with E-state index in [1.807, 2.05) is 18.7 Å². The van der Waals surface area contributed by atoms with Gasteiger partial charge in [0.15, 0.2) is 0 Å². The second kappa shape index (κ2) is 6.01. The Bertz CT molecular complexity index is 524. The van der Waals surface area contributed by atoms with Gasteiger partial charge in [-0.3, -0.25) is 4.79 Å². The highest BCUT2D eigenvalue weighted by Crippen LogP contribution is 2.30. The molecule has 0 spiro atoms. The van der Waals surface area contributed by atoms with Crippen LogP contribution in [0.3, 0.4) is 0 Å². The quantitative estimate of drug-likeness (QED) is 0.868. The molecule has 1 N–H and O–H groups in total. The van der Waals surface area contributed by atoms with Gasteiger partial charge in [-0.25, -0.2) is 4.39 Å². The van der Waals surface area contributed by atoms with E-state index in [2.05, 4.69) is 5.32 Å². The monoisotopic (exact) mass is 306 g/mol. The van der Waals surface area contributed by atoms with Gasteiger partial charge in [-0.1, -0.05) is 0 Å². The number of nitrogens with one attached hydrogen (secondary N) is 1. The predicted octanol–water partition coefficient (Wildman–Crippen LogP) is 2.91. The first kappa shape index (κ1) is 17.4. The summed E-state index contributed by atoms with van der Waals surface area (Å²) >= 11 is 0. The Morgan fingerprint density at radius 1 is 1.24 bits per heavy atom. The summed E-state index contributed by atoms with van der Waals surface area (Å²) < 4.78 is 51.3. The van der Waals surface area contributed by atoms with Crippen LogP contribution in [0.2, 0.25) is 0 Å². The molecule has 21 heavy (non-hydrogen) atoms. The molecule has 0 aliphatic rings. The number of benzene rings is 1. The molecule has 1 aromatic rings. The van der Waals surface area contributed by atoms with Gasteiger partial charge in [0, 0.05) is 12.1 Å². The lowest BCUT2D eigenvalue weighted by Crippen LogP contribution is -2.48. The number of halogens is 4. The van der Waals surface area contributed by atoms with Crippen LogP contribution in [-0.2, 0) is 6.18 Å². The molecule has 0 bridgehead atoms. The second-order valence-electron chi connectivity index (χ2n) is 5.58. The van der Waals surface area contributed by atoms with Gasteiger partial charge in [-0.15, -0.1) is 0 Å². The molecule has 0 aromatic heterocycles. The fraction of sp³-hybridized carbons (Fsp3) is 0.500. The Morgan fingerprint density at radius 2 is 1.81 bits per heavy atom. The van der Waals surface area contributed by atoms with Gasteiger partial charge in [0.1, 0.15) is 5.82 Å². The van der Waals surface area contributed by atoms with Crippen molar-refractivity contribution in [2.24, 2.45) is 0 Å². The maximum Gasteiger partial charge on any atom is 0.416 e. The summed E-state index contributed by atoms with van der Waals surface area (Å²) in [5.41, 5.74) is -2.08. The molecule has 0 atom stereocenters. The highest BCUT2D eigenvalue weighted by molar-refractivity contribution is 5.94. The van der Waals surface area contributed by atoms with Crippen LogP contribution in [0.25, 0.3) is 0 Å². The minimum absolute atomic E-state index is 0.175. The Hall–Kier alpha value is -1.63. The zero-order valence-corrected chi connectivity index (χ0v) is 12.3. The van der Waals surface area contributed by atoms with E-state index >= 15 is 0 Å². The average molecular weight is 306 g/mol. The van der Waals surface area contributed by atoms with Crippen molar-refractivity contribution in [2.45, 2.75) is 25.6 Å². The first-order chi connectivity index (χ1) is 9.45. The molecule has 0 heterocycles. The second-order valence-corrected chi connectivity index (χ2v) is 5.58. The minimum Gasteiger partial charge on any atom is -0.350 e. The lowest BCUT2D eigenvalue weighted by molar-refractivity contribution is -0.137. The van der Waals surface area contributed by atoms with Crippen molar-refractivity contribution in [3.05, 3.63) is 35.1 Å². The molecule has 0 unspecified atom stereocenters. The summed E-state index contributed by atoms with van der Waals surface area (Å²) in [6.07, 6.45) is -4.62. The molecule has 0 aliphatic heterocycles. The SMILES string of the molecule is CN(C)C(C)(C)CNC(=O)c1cc(C(F)(F)F)ccc1F. The molecule has 3 nitrogen and oxygen atoms in total. The molecule has 118 valence electrons. The normalized spacial score (nSPS) is 12.6. The molecule has 0 radical (unpaired) electrons. The smallest absolute Gasteiger partial charge is 0.350 e. The molecule has 0 saturated carbocycles. The standard InChI is InChI=1S/C14H18F4N2O/c1-13(2,20(3)4)8-19-12(21)10-7-9(14(16,17)18)5-6-11(10)15/h5-7H,8H2,1-4H3,(H,19,21). The van der Waals surface area contributed by atoms with Crippen LogP contribution in [0.5, 0.6) is 0 Å². The predicted molar refractivity (Wildman–Crippen MR) is 71.5 cm³/mol. The van der Waals surface area contributed by atoms with Crippen LogP contribution in [0.15, 0.2) is 18.2 Å². The van der Waals surface area contributed by atoms with Gasteiger partial charge in [-0.2, -0.15) is 13.2 Å². The number of hydrogen-bond donors (Lipinski definition) is 1. The third-order valence-corrected chi connectivity index (χ3v) is 3.43. The van der Waals surface area contributed by atoms with E-state index in [0.717, 1.165) is 0 Å². The number of carbonyl (C=O) groups excluding carboxylic acids is 1. The first-order valence-corrected chi connectivity index (χ1v) is 6.27. The van der Waals surface area contributed by atoms with E-state index in [1.165, 1.54) is 0 Å². The summed E-state index contributed by atoms with van der Waals surface area (Å²) in [6, 6.07) is 1.78. The largest absolute Gasteiger partial charge is 0.416 e. The van der Waals surface area contributed by atoms with Crippen LogP contribution < -0.4 is 5.32 Å². The zero-order valence-electron chi connectivity index (χ0n) is 12.3. The van der Waals surface area contributed by atoms with E-state index in [-0.39, 0.29) is 6.54 Å². The third-order valence-electron chi connectivity index (χ3n) is 3.43. The Balaban J connectivity index is 2.93. The van der Waals surface area contributed by atoms with E-state index in [1.54, 1.807) is 14.1 Å². The number of hydrogen-bond acceptors (Lipinski definition) is 2. The van der Waals surface area contributed by atoms with E-state index < -0.39 is 34.6 Å². The maximum atomic E-state index is 13.5. The summed E-state index contributed by atoms with van der Waals surface area (Å²) in [5.74, 6) is -1.85. The van der Waals surface area contributed by atoms with Crippen LogP contribution >= 0.6 is 0 Å². The molecule has 1 aromatic carbocycles. The fourth-order valence-corrected chi connectivity index (χ4v) is 1.43. The first-order valence-electron chi connectivity index (χ1n) is 6.27. The minimum atomic E-state index is -4.62. The van der Waals surface area contributed by atoms with Gasteiger partial charge < -0.3 is 10.2 Å². The average Bonchev–Trinajstić information content (AvgIpc) is 2.35. The number of nitrogens with zero attached hydrogens (tertiary/aromatic N) is 1. The molecule has 0 aliphatic carbocycles. The summed E-state index contributed by atoms with van der Waals surface area (Å²) in [4.78, 5) is 13.7. The molecule has 0 fully saturated rings. The van der Waals surface area contributed by atoms with Crippen molar-refractivity contribution in [1.82, 2.24) is 10.2 Å². The van der Waals surface area contributed by atoms with Crippen molar-refractivity contribution in [3.63, 3.8) is 0 Å². The molecule has 1 rings (SSSR count). The number of likely N-dealkylation sites (N-methyl/N-ethyl adjacent to an activating group) is 1. The van der Waals surface area contributed by atoms with Gasteiger partial charge in [-0.05, 0) is 46.1 Å². The van der Waals surface area contributed by atoms with E-state index in [4.69, 9.17) is 0 Å². The number of carbonyl (C=O) groups is 1. The Labute approximate surface area is 120 Å². The number of alkyl halides is 3. The number of amides is 1. The molecule has 1 amide bonds. The van der Waals surface area contributed by atoms with Crippen molar-refractivity contribution in [2.75, 3.05) is 20.6 Å². The molecule has 0 saturated heterocycles. The van der Waals surface area contributed by atoms with Crippen molar-refractivity contribution < 1.29 is 22.4 Å². The van der Waals surface area contributed by atoms with Gasteiger partial charge in [0.05, 0.1) is 11.1 Å². The van der Waals surface area contributed by atoms with Crippen LogP contribution in [0, 0.1) is 5.82 Å². The van der Waals surface area contributed by atoms with Crippen LogP contribution in [0.4, 0.5) is 17.6 Å². The van der Waals surface area contributed by atoms with Crippen molar-refractivity contribution >= 4 is 5.91 Å². The van der Waals surface area contributed by atoms with Crippen LogP contribution in [0.1, 0.15) is 29.8 Å². The van der Waals surface area contributed by atoms with E-state index in [0.29, 0.717) is 18.2 Å². The summed E-state index contributed by atoms with van der Waals surface area (Å²) in [6.45, 7) is 3.86. The molecular weight excluding hydrogens is 288 g/mol. The van der Waals surface area contributed by atoms with Crippen LogP contribution in [-0.4, -0.2) is 37.0 Å². The van der Waals surface area contributed by atoms with Gasteiger partial charge in [0.25, 0.3) is 5.91 Å². The summed E-state index contributed by atoms with van der Waals surface area (Å²) in [7, 11) is 3.61. The third kappa shape index (κ3) is 4.42. The maximum absolute atomic E-state index is 13.5. The topological polar surface area (TPSA) is 32.3 Å². The van der Waals surface area contributed by atoms with Crippen molar-refractivity contribution in [3.8, 4) is 0 Å².